The molecule has 0 spiro atoms. The van der Waals surface area contributed by atoms with Crippen molar-refractivity contribution in [1.82, 2.24) is 10.2 Å². The third-order valence-corrected chi connectivity index (χ3v) is 8.47. The smallest absolute Gasteiger partial charge is 0.261 e. The standard InChI is InChI=1S/C28H22F5N3O4S2/c1-13-35-36-28(42-13)41-12-18-10-19(15-7-5-14(11-37)6-8-15)40-27(39-18)16-3-2-4-17(9-16)34-26(38)20-21(29)23(31)25(33)24(32)22(20)30/h2-9,18-19,27,37H,10-12H2,1H3,(H,34,38). The number of benzene rings is 3. The van der Waals surface area contributed by atoms with Crippen LogP contribution in [0.15, 0.2) is 52.9 Å². The fourth-order valence-corrected chi connectivity index (χ4v) is 6.14. The number of carbonyl (C=O) groups excluding carboxylic acids is 1. The second-order valence-electron chi connectivity index (χ2n) is 9.27. The molecule has 0 aliphatic carbocycles. The lowest BCUT2D eigenvalue weighted by Gasteiger charge is -2.36. The monoisotopic (exact) mass is 623 g/mol. The number of aliphatic hydroxyl groups is 1. The molecule has 3 unspecified atom stereocenters. The third-order valence-electron chi connectivity index (χ3n) is 6.37. The van der Waals surface area contributed by atoms with Gasteiger partial charge in [-0.05, 0) is 30.2 Å². The molecule has 14 heteroatoms. The summed E-state index contributed by atoms with van der Waals surface area (Å²) in [5.74, 6) is -12.3. The molecule has 1 aliphatic rings. The quantitative estimate of drug-likeness (QED) is 0.0986. The van der Waals surface area contributed by atoms with Gasteiger partial charge in [0.05, 0.1) is 18.8 Å². The van der Waals surface area contributed by atoms with Crippen molar-refractivity contribution in [3.63, 3.8) is 0 Å². The third kappa shape index (κ3) is 6.47. The molecule has 1 saturated heterocycles. The number of thioether (sulfide) groups is 1. The Morgan fingerprint density at radius 3 is 2.31 bits per heavy atom. The molecule has 220 valence electrons. The van der Waals surface area contributed by atoms with E-state index >= 15 is 0 Å². The van der Waals surface area contributed by atoms with E-state index in [0.29, 0.717) is 17.7 Å². The predicted molar refractivity (Wildman–Crippen MR) is 144 cm³/mol. The maximum atomic E-state index is 14.2. The van der Waals surface area contributed by atoms with Crippen LogP contribution in [0, 0.1) is 36.0 Å². The zero-order valence-corrected chi connectivity index (χ0v) is 23.4. The number of anilines is 1. The lowest BCUT2D eigenvalue weighted by Crippen LogP contribution is -2.31. The Bertz CT molecular complexity index is 1580. The summed E-state index contributed by atoms with van der Waals surface area (Å²) in [4.78, 5) is 12.6. The van der Waals surface area contributed by atoms with E-state index in [-0.39, 0.29) is 18.4 Å². The molecule has 42 heavy (non-hydrogen) atoms. The average Bonchev–Trinajstić information content (AvgIpc) is 3.43. The largest absolute Gasteiger partial charge is 0.392 e. The summed E-state index contributed by atoms with van der Waals surface area (Å²) in [6, 6.07) is 13.2. The van der Waals surface area contributed by atoms with E-state index in [0.717, 1.165) is 20.5 Å². The van der Waals surface area contributed by atoms with Crippen molar-refractivity contribution in [2.45, 2.75) is 42.8 Å². The van der Waals surface area contributed by atoms with Crippen LogP contribution < -0.4 is 5.32 Å². The minimum atomic E-state index is -2.36. The zero-order chi connectivity index (χ0) is 30.0. The SMILES string of the molecule is Cc1nnc(SCC2CC(c3ccc(CO)cc3)OC(c3cccc(NC(=O)c4c(F)c(F)c(F)c(F)c4F)c3)O2)s1. The van der Waals surface area contributed by atoms with E-state index in [9.17, 15) is 31.9 Å². The van der Waals surface area contributed by atoms with Gasteiger partial charge in [-0.3, -0.25) is 4.79 Å². The molecular weight excluding hydrogens is 601 g/mol. The Morgan fingerprint density at radius 1 is 0.976 bits per heavy atom. The van der Waals surface area contributed by atoms with Gasteiger partial charge in [0, 0.05) is 23.4 Å². The molecular formula is C28H22F5N3O4S2. The van der Waals surface area contributed by atoms with Crippen molar-refractivity contribution in [2.24, 2.45) is 0 Å². The summed E-state index contributed by atoms with van der Waals surface area (Å²) in [5.41, 5.74) is 0.427. The molecule has 5 rings (SSSR count). The van der Waals surface area contributed by atoms with Crippen LogP contribution >= 0.6 is 23.1 Å². The predicted octanol–water partition coefficient (Wildman–Crippen LogP) is 6.62. The first kappa shape index (κ1) is 30.0. The Labute approximate surface area is 244 Å². The number of aromatic nitrogens is 2. The van der Waals surface area contributed by atoms with Crippen molar-refractivity contribution < 1.29 is 41.3 Å². The number of aliphatic hydroxyl groups excluding tert-OH is 1. The number of carbonyl (C=O) groups is 1. The van der Waals surface area contributed by atoms with Crippen LogP contribution in [0.1, 0.15) is 50.9 Å². The summed E-state index contributed by atoms with van der Waals surface area (Å²) in [6.45, 7) is 1.74. The molecule has 1 aliphatic heterocycles. The summed E-state index contributed by atoms with van der Waals surface area (Å²) in [5, 5.41) is 20.6. The Morgan fingerprint density at radius 2 is 1.67 bits per heavy atom. The van der Waals surface area contributed by atoms with Gasteiger partial charge in [0.1, 0.15) is 10.6 Å². The number of hydrogen-bond acceptors (Lipinski definition) is 8. The highest BCUT2D eigenvalue weighted by Gasteiger charge is 2.33. The molecule has 2 N–H and O–H groups in total. The van der Waals surface area contributed by atoms with Gasteiger partial charge in [0.15, 0.2) is 33.9 Å². The van der Waals surface area contributed by atoms with Crippen LogP contribution in [-0.4, -0.2) is 33.1 Å². The van der Waals surface area contributed by atoms with Crippen LogP contribution in [0.3, 0.4) is 0 Å². The topological polar surface area (TPSA) is 93.6 Å². The normalized spacial score (nSPS) is 18.7. The van der Waals surface area contributed by atoms with E-state index in [1.54, 1.807) is 18.2 Å². The molecule has 1 fully saturated rings. The number of hydrogen-bond donors (Lipinski definition) is 2. The molecule has 1 amide bonds. The summed E-state index contributed by atoms with van der Waals surface area (Å²) in [7, 11) is 0. The van der Waals surface area contributed by atoms with E-state index in [4.69, 9.17) is 9.47 Å². The second kappa shape index (κ2) is 12.8. The lowest BCUT2D eigenvalue weighted by molar-refractivity contribution is -0.245. The van der Waals surface area contributed by atoms with Crippen LogP contribution in [0.5, 0.6) is 0 Å². The maximum Gasteiger partial charge on any atom is 0.261 e. The first-order valence-corrected chi connectivity index (χ1v) is 14.3. The van der Waals surface area contributed by atoms with Gasteiger partial charge in [0.2, 0.25) is 5.82 Å². The minimum Gasteiger partial charge on any atom is -0.392 e. The highest BCUT2D eigenvalue weighted by Crippen LogP contribution is 2.40. The van der Waals surface area contributed by atoms with E-state index in [1.165, 1.54) is 41.3 Å². The number of halogens is 5. The molecule has 0 bridgehead atoms. The van der Waals surface area contributed by atoms with Crippen LogP contribution in [0.25, 0.3) is 0 Å². The van der Waals surface area contributed by atoms with Crippen molar-refractivity contribution >= 4 is 34.7 Å². The van der Waals surface area contributed by atoms with Gasteiger partial charge < -0.3 is 19.9 Å². The first-order valence-electron chi connectivity index (χ1n) is 12.5. The summed E-state index contributed by atoms with van der Waals surface area (Å²) in [6.07, 6.45) is -1.16. The molecule has 0 radical (unpaired) electrons. The maximum absolute atomic E-state index is 14.2. The summed E-state index contributed by atoms with van der Waals surface area (Å²) >= 11 is 2.93. The average molecular weight is 624 g/mol. The number of ether oxygens (including phenoxy) is 2. The van der Waals surface area contributed by atoms with E-state index in [2.05, 4.69) is 15.5 Å². The molecule has 2 heterocycles. The van der Waals surface area contributed by atoms with Crippen LogP contribution in [-0.2, 0) is 16.1 Å². The Hall–Kier alpha value is -3.43. The number of nitrogens with one attached hydrogen (secondary N) is 1. The summed E-state index contributed by atoms with van der Waals surface area (Å²) < 4.78 is 82.3. The van der Waals surface area contributed by atoms with Gasteiger partial charge in [0.25, 0.3) is 5.91 Å². The Balaban J connectivity index is 1.38. The second-order valence-corrected chi connectivity index (χ2v) is 11.7. The Kier molecular flexibility index (Phi) is 9.18. The molecule has 0 saturated carbocycles. The van der Waals surface area contributed by atoms with Crippen molar-refractivity contribution in [3.05, 3.63) is 105 Å². The molecule has 7 nitrogen and oxygen atoms in total. The van der Waals surface area contributed by atoms with Crippen molar-refractivity contribution in [3.8, 4) is 0 Å². The van der Waals surface area contributed by atoms with Crippen molar-refractivity contribution in [2.75, 3.05) is 11.1 Å². The van der Waals surface area contributed by atoms with Gasteiger partial charge in [-0.25, -0.2) is 22.0 Å². The van der Waals surface area contributed by atoms with Gasteiger partial charge >= 0.3 is 0 Å². The highest BCUT2D eigenvalue weighted by atomic mass is 32.2. The lowest BCUT2D eigenvalue weighted by atomic mass is 10.0. The first-order chi connectivity index (χ1) is 20.1. The molecule has 4 aromatic rings. The highest BCUT2D eigenvalue weighted by molar-refractivity contribution is 8.01. The van der Waals surface area contributed by atoms with Gasteiger partial charge in [-0.1, -0.05) is 59.5 Å². The van der Waals surface area contributed by atoms with Gasteiger partial charge in [-0.15, -0.1) is 10.2 Å². The van der Waals surface area contributed by atoms with Crippen molar-refractivity contribution in [1.29, 1.82) is 0 Å². The van der Waals surface area contributed by atoms with E-state index in [1.807, 2.05) is 19.1 Å². The number of nitrogens with zero attached hydrogens (tertiary/aromatic N) is 2. The van der Waals surface area contributed by atoms with Crippen LogP contribution in [0.4, 0.5) is 27.6 Å². The van der Waals surface area contributed by atoms with Gasteiger partial charge in [-0.2, -0.15) is 0 Å². The molecule has 1 aromatic heterocycles. The number of aryl methyl sites for hydroxylation is 1. The zero-order valence-electron chi connectivity index (χ0n) is 21.7. The molecule has 3 aromatic carbocycles. The van der Waals surface area contributed by atoms with Crippen LogP contribution in [0.2, 0.25) is 0 Å². The number of rotatable bonds is 8. The molecule has 3 atom stereocenters. The fourth-order valence-electron chi connectivity index (χ4n) is 4.28. The minimum absolute atomic E-state index is 0.0123. The van der Waals surface area contributed by atoms with E-state index < -0.39 is 53.0 Å². The number of amides is 1. The fraction of sp³-hybridized carbons (Fsp3) is 0.250.